The summed E-state index contributed by atoms with van der Waals surface area (Å²) in [4.78, 5) is 14.5. The molecule has 0 aromatic heterocycles. The molecule has 2 heterocycles. The van der Waals surface area contributed by atoms with Crippen LogP contribution in [0.1, 0.15) is 32.1 Å². The molecule has 1 amide bonds. The fraction of sp³-hybridized carbons (Fsp3) is 0.588. The van der Waals surface area contributed by atoms with Crippen molar-refractivity contribution in [2.24, 2.45) is 0 Å². The lowest BCUT2D eigenvalue weighted by Gasteiger charge is -2.35. The molecule has 2 bridgehead atoms. The fourth-order valence-corrected chi connectivity index (χ4v) is 3.99. The minimum atomic E-state index is -0.0297. The van der Waals surface area contributed by atoms with E-state index in [0.717, 1.165) is 6.54 Å². The number of nitrogens with zero attached hydrogens (tertiary/aromatic N) is 1. The van der Waals surface area contributed by atoms with Crippen molar-refractivity contribution < 1.29 is 4.79 Å². The van der Waals surface area contributed by atoms with Gasteiger partial charge in [-0.2, -0.15) is 0 Å². The lowest BCUT2D eigenvalue weighted by Crippen LogP contribution is -2.47. The molecular formula is C17H23Cl2N3O. The maximum Gasteiger partial charge on any atom is 0.225 e. The van der Waals surface area contributed by atoms with Crippen LogP contribution in [-0.4, -0.2) is 42.5 Å². The van der Waals surface area contributed by atoms with E-state index in [9.17, 15) is 4.79 Å². The van der Waals surface area contributed by atoms with Crippen molar-refractivity contribution in [3.8, 4) is 0 Å². The number of piperidine rings is 1. The summed E-state index contributed by atoms with van der Waals surface area (Å²) in [5.74, 6) is -0.0297. The standard InChI is InChI=1S/C17H23Cl2N3O/c1-22(14-9-12-3-4-13(10-14)20-12)7-6-17(23)21-16-8-11(18)2-5-15(16)19/h2,5,8,12-14,20H,3-4,6-7,9-10H2,1H3,(H,21,23). The molecule has 0 aliphatic carbocycles. The molecule has 3 rings (SSSR count). The van der Waals surface area contributed by atoms with Gasteiger partial charge in [-0.1, -0.05) is 23.2 Å². The molecule has 2 aliphatic heterocycles. The first kappa shape index (κ1) is 17.0. The van der Waals surface area contributed by atoms with E-state index in [1.165, 1.54) is 25.7 Å². The highest BCUT2D eigenvalue weighted by atomic mass is 35.5. The number of hydrogen-bond acceptors (Lipinski definition) is 3. The Hall–Kier alpha value is -0.810. The maximum atomic E-state index is 12.2. The third kappa shape index (κ3) is 4.38. The normalized spacial score (nSPS) is 26.5. The topological polar surface area (TPSA) is 44.4 Å². The number of hydrogen-bond donors (Lipinski definition) is 2. The van der Waals surface area contributed by atoms with Gasteiger partial charge in [-0.3, -0.25) is 4.79 Å². The number of nitrogens with one attached hydrogen (secondary N) is 2. The Bertz CT molecular complexity index is 569. The van der Waals surface area contributed by atoms with Gasteiger partial charge in [0.05, 0.1) is 10.7 Å². The molecule has 126 valence electrons. The lowest BCUT2D eigenvalue weighted by atomic mass is 9.98. The third-order valence-corrected chi connectivity index (χ3v) is 5.53. The van der Waals surface area contributed by atoms with Gasteiger partial charge in [0.2, 0.25) is 5.91 Å². The molecule has 0 saturated carbocycles. The first-order valence-corrected chi connectivity index (χ1v) is 8.98. The molecule has 1 aromatic carbocycles. The Balaban J connectivity index is 1.48. The number of rotatable bonds is 5. The average Bonchev–Trinajstić information content (AvgIpc) is 2.86. The highest BCUT2D eigenvalue weighted by Crippen LogP contribution is 2.29. The van der Waals surface area contributed by atoms with E-state index < -0.39 is 0 Å². The molecule has 2 saturated heterocycles. The second-order valence-corrected chi connectivity index (χ2v) is 7.51. The average molecular weight is 356 g/mol. The Kier molecular flexibility index (Phi) is 5.47. The van der Waals surface area contributed by atoms with E-state index in [1.807, 2.05) is 0 Å². The molecule has 0 spiro atoms. The van der Waals surface area contributed by atoms with Crippen molar-refractivity contribution in [2.75, 3.05) is 18.9 Å². The van der Waals surface area contributed by atoms with Gasteiger partial charge in [0.15, 0.2) is 0 Å². The predicted molar refractivity (Wildman–Crippen MR) is 95.3 cm³/mol. The molecule has 2 unspecified atom stereocenters. The van der Waals surface area contributed by atoms with Crippen molar-refractivity contribution in [1.82, 2.24) is 10.2 Å². The van der Waals surface area contributed by atoms with Crippen LogP contribution >= 0.6 is 23.2 Å². The largest absolute Gasteiger partial charge is 0.325 e. The summed E-state index contributed by atoms with van der Waals surface area (Å²) >= 11 is 12.0. The zero-order valence-electron chi connectivity index (χ0n) is 13.3. The molecule has 23 heavy (non-hydrogen) atoms. The van der Waals surface area contributed by atoms with E-state index in [4.69, 9.17) is 23.2 Å². The summed E-state index contributed by atoms with van der Waals surface area (Å²) in [5, 5.41) is 7.56. The van der Waals surface area contributed by atoms with Crippen LogP contribution in [0.25, 0.3) is 0 Å². The van der Waals surface area contributed by atoms with Gasteiger partial charge >= 0.3 is 0 Å². The van der Waals surface area contributed by atoms with Crippen LogP contribution in [0.3, 0.4) is 0 Å². The highest BCUT2D eigenvalue weighted by Gasteiger charge is 2.34. The molecular weight excluding hydrogens is 333 g/mol. The molecule has 1 aromatic rings. The minimum Gasteiger partial charge on any atom is -0.325 e. The van der Waals surface area contributed by atoms with Gasteiger partial charge in [-0.05, 0) is 50.9 Å². The number of amides is 1. The summed E-state index contributed by atoms with van der Waals surface area (Å²) in [6.07, 6.45) is 5.42. The number of carbonyl (C=O) groups is 1. The summed E-state index contributed by atoms with van der Waals surface area (Å²) < 4.78 is 0. The van der Waals surface area contributed by atoms with Gasteiger partial charge in [0.25, 0.3) is 0 Å². The van der Waals surface area contributed by atoms with E-state index in [1.54, 1.807) is 18.2 Å². The zero-order chi connectivity index (χ0) is 16.4. The van der Waals surface area contributed by atoms with Crippen LogP contribution in [0.2, 0.25) is 10.0 Å². The number of halogens is 2. The predicted octanol–water partition coefficient (Wildman–Crippen LogP) is 3.54. The quantitative estimate of drug-likeness (QED) is 0.848. The zero-order valence-corrected chi connectivity index (χ0v) is 14.8. The maximum absolute atomic E-state index is 12.2. The number of anilines is 1. The highest BCUT2D eigenvalue weighted by molar-refractivity contribution is 6.35. The smallest absolute Gasteiger partial charge is 0.225 e. The van der Waals surface area contributed by atoms with Crippen molar-refractivity contribution in [2.45, 2.75) is 50.2 Å². The Morgan fingerprint density at radius 3 is 2.70 bits per heavy atom. The van der Waals surface area contributed by atoms with Crippen LogP contribution in [-0.2, 0) is 4.79 Å². The van der Waals surface area contributed by atoms with E-state index >= 15 is 0 Å². The first-order valence-electron chi connectivity index (χ1n) is 8.22. The number of fused-ring (bicyclic) bond motifs is 2. The summed E-state index contributed by atoms with van der Waals surface area (Å²) in [6.45, 7) is 0.758. The van der Waals surface area contributed by atoms with Crippen LogP contribution in [0.15, 0.2) is 18.2 Å². The molecule has 2 fully saturated rings. The van der Waals surface area contributed by atoms with E-state index in [-0.39, 0.29) is 5.91 Å². The summed E-state index contributed by atoms with van der Waals surface area (Å²) in [6, 6.07) is 6.99. The molecule has 6 heteroatoms. The Labute approximate surface area is 147 Å². The van der Waals surface area contributed by atoms with E-state index in [0.29, 0.717) is 40.3 Å². The second-order valence-electron chi connectivity index (χ2n) is 6.67. The Morgan fingerprint density at radius 1 is 1.30 bits per heavy atom. The number of benzene rings is 1. The van der Waals surface area contributed by atoms with Crippen molar-refractivity contribution in [3.63, 3.8) is 0 Å². The van der Waals surface area contributed by atoms with Crippen LogP contribution in [0.4, 0.5) is 5.69 Å². The molecule has 2 N–H and O–H groups in total. The van der Waals surface area contributed by atoms with Crippen LogP contribution in [0.5, 0.6) is 0 Å². The van der Waals surface area contributed by atoms with Gasteiger partial charge in [0, 0.05) is 36.1 Å². The van der Waals surface area contributed by atoms with Crippen LogP contribution < -0.4 is 10.6 Å². The molecule has 4 nitrogen and oxygen atoms in total. The monoisotopic (exact) mass is 355 g/mol. The van der Waals surface area contributed by atoms with Crippen molar-refractivity contribution in [3.05, 3.63) is 28.2 Å². The first-order chi connectivity index (χ1) is 11.0. The fourth-order valence-electron chi connectivity index (χ4n) is 3.65. The van der Waals surface area contributed by atoms with Gasteiger partial charge in [0.1, 0.15) is 0 Å². The molecule has 2 atom stereocenters. The van der Waals surface area contributed by atoms with E-state index in [2.05, 4.69) is 22.6 Å². The molecule has 2 aliphatic rings. The van der Waals surface area contributed by atoms with Crippen molar-refractivity contribution >= 4 is 34.8 Å². The SMILES string of the molecule is CN(CCC(=O)Nc1cc(Cl)ccc1Cl)C1CC2CCC(C1)N2. The Morgan fingerprint density at radius 2 is 2.00 bits per heavy atom. The van der Waals surface area contributed by atoms with Gasteiger partial charge in [-0.25, -0.2) is 0 Å². The lowest BCUT2D eigenvalue weighted by molar-refractivity contribution is -0.116. The number of carbonyl (C=O) groups excluding carboxylic acids is 1. The third-order valence-electron chi connectivity index (χ3n) is 4.97. The summed E-state index contributed by atoms with van der Waals surface area (Å²) in [5.41, 5.74) is 0.576. The summed E-state index contributed by atoms with van der Waals surface area (Å²) in [7, 11) is 2.12. The minimum absolute atomic E-state index is 0.0297. The van der Waals surface area contributed by atoms with Crippen molar-refractivity contribution in [1.29, 1.82) is 0 Å². The van der Waals surface area contributed by atoms with Gasteiger partial charge < -0.3 is 15.5 Å². The molecule has 0 radical (unpaired) electrons. The van der Waals surface area contributed by atoms with Crippen LogP contribution in [0, 0.1) is 0 Å². The van der Waals surface area contributed by atoms with Gasteiger partial charge in [-0.15, -0.1) is 0 Å². The second kappa shape index (κ2) is 7.39.